The zero-order chi connectivity index (χ0) is 11.4. The molecular weight excluding hydrogens is 202 g/mol. The van der Waals surface area contributed by atoms with Crippen LogP contribution in [-0.2, 0) is 9.47 Å². The lowest BCUT2D eigenvalue weighted by atomic mass is 10.1. The molecule has 0 aromatic heterocycles. The van der Waals surface area contributed by atoms with Crippen LogP contribution in [0.2, 0.25) is 0 Å². The van der Waals surface area contributed by atoms with E-state index in [0.29, 0.717) is 13.2 Å². The second-order valence-electron chi connectivity index (χ2n) is 3.87. The molecule has 3 heteroatoms. The first kappa shape index (κ1) is 11.2. The van der Waals surface area contributed by atoms with E-state index in [1.807, 2.05) is 31.2 Å². The van der Waals surface area contributed by atoms with Gasteiger partial charge in [-0.05, 0) is 30.2 Å². The first-order valence-corrected chi connectivity index (χ1v) is 5.56. The molecule has 1 aliphatic rings. The van der Waals surface area contributed by atoms with Crippen LogP contribution in [0.3, 0.4) is 0 Å². The summed E-state index contributed by atoms with van der Waals surface area (Å²) < 4.78 is 10.9. The fourth-order valence-electron chi connectivity index (χ4n) is 1.75. The molecule has 3 nitrogen and oxygen atoms in total. The van der Waals surface area contributed by atoms with Gasteiger partial charge < -0.3 is 15.2 Å². The van der Waals surface area contributed by atoms with Gasteiger partial charge in [0, 0.05) is 18.7 Å². The monoisotopic (exact) mass is 219 g/mol. The molecule has 0 aliphatic carbocycles. The summed E-state index contributed by atoms with van der Waals surface area (Å²) in [5.74, 6) is 0. The van der Waals surface area contributed by atoms with E-state index in [9.17, 15) is 0 Å². The number of anilines is 1. The number of nitrogen functional groups attached to an aromatic ring is 1. The fraction of sp³-hybridized carbons (Fsp3) is 0.385. The molecule has 0 radical (unpaired) electrons. The summed E-state index contributed by atoms with van der Waals surface area (Å²) in [7, 11) is 0. The van der Waals surface area contributed by atoms with Crippen LogP contribution in [0, 0.1) is 0 Å². The summed E-state index contributed by atoms with van der Waals surface area (Å²) >= 11 is 0. The van der Waals surface area contributed by atoms with Crippen molar-refractivity contribution in [2.45, 2.75) is 19.6 Å². The topological polar surface area (TPSA) is 44.5 Å². The van der Waals surface area contributed by atoms with Crippen molar-refractivity contribution >= 4 is 11.8 Å². The molecule has 1 fully saturated rings. The zero-order valence-corrected chi connectivity index (χ0v) is 9.48. The first-order valence-electron chi connectivity index (χ1n) is 5.56. The molecule has 1 atom stereocenters. The third-order valence-corrected chi connectivity index (χ3v) is 2.54. The molecular formula is C13H17NO2. The van der Waals surface area contributed by atoms with Crippen LogP contribution in [0.4, 0.5) is 5.69 Å². The highest BCUT2D eigenvalue weighted by Crippen LogP contribution is 2.22. The van der Waals surface area contributed by atoms with Crippen LogP contribution in [0.1, 0.15) is 18.9 Å². The number of ether oxygens (including phenoxy) is 2. The van der Waals surface area contributed by atoms with E-state index < -0.39 is 0 Å². The number of nitrogens with two attached hydrogens (primary N) is 1. The lowest BCUT2D eigenvalue weighted by molar-refractivity contribution is -0.106. The minimum Gasteiger partial charge on any atom is -0.399 e. The van der Waals surface area contributed by atoms with Crippen LogP contribution in [-0.4, -0.2) is 19.5 Å². The van der Waals surface area contributed by atoms with Crippen LogP contribution < -0.4 is 5.73 Å². The molecule has 2 N–H and O–H groups in total. The van der Waals surface area contributed by atoms with Crippen molar-refractivity contribution in [1.82, 2.24) is 0 Å². The quantitative estimate of drug-likeness (QED) is 0.794. The summed E-state index contributed by atoms with van der Waals surface area (Å²) in [5.41, 5.74) is 8.84. The van der Waals surface area contributed by atoms with Gasteiger partial charge in [0.05, 0.1) is 6.61 Å². The van der Waals surface area contributed by atoms with Gasteiger partial charge in [-0.25, -0.2) is 0 Å². The number of hydrogen-bond donors (Lipinski definition) is 1. The summed E-state index contributed by atoms with van der Waals surface area (Å²) in [4.78, 5) is 0. The lowest BCUT2D eigenvalue weighted by Gasteiger charge is -2.06. The van der Waals surface area contributed by atoms with Crippen molar-refractivity contribution in [3.05, 3.63) is 35.4 Å². The second-order valence-corrected chi connectivity index (χ2v) is 3.87. The van der Waals surface area contributed by atoms with Crippen molar-refractivity contribution in [2.75, 3.05) is 18.9 Å². The molecule has 1 aliphatic heterocycles. The maximum atomic E-state index is 5.63. The standard InChI is InChI=1S/C13H17NO2/c1-2-15-13-8-11(9-16-13)7-10-3-5-12(14)6-4-10/h3-7,13H,2,8-9,14H2,1H3/b11-7-/t13-/m1/s1. The Morgan fingerprint density at radius 1 is 1.44 bits per heavy atom. The Bertz CT molecular complexity index is 370. The van der Waals surface area contributed by atoms with Gasteiger partial charge in [-0.1, -0.05) is 18.2 Å². The predicted molar refractivity (Wildman–Crippen MR) is 64.8 cm³/mol. The maximum absolute atomic E-state index is 5.63. The summed E-state index contributed by atoms with van der Waals surface area (Å²) in [6.07, 6.45) is 2.93. The number of benzene rings is 1. The van der Waals surface area contributed by atoms with Gasteiger partial charge >= 0.3 is 0 Å². The van der Waals surface area contributed by atoms with Crippen molar-refractivity contribution < 1.29 is 9.47 Å². The van der Waals surface area contributed by atoms with Gasteiger partial charge in [-0.3, -0.25) is 0 Å². The van der Waals surface area contributed by atoms with Crippen molar-refractivity contribution in [1.29, 1.82) is 0 Å². The first-order chi connectivity index (χ1) is 7.78. The third kappa shape index (κ3) is 2.84. The fourth-order valence-corrected chi connectivity index (χ4v) is 1.75. The Hall–Kier alpha value is -1.32. The average molecular weight is 219 g/mol. The minimum absolute atomic E-state index is 0.0648. The normalized spacial score (nSPS) is 22.8. The number of rotatable bonds is 3. The second kappa shape index (κ2) is 5.14. The Balaban J connectivity index is 2.00. The summed E-state index contributed by atoms with van der Waals surface area (Å²) in [5, 5.41) is 0. The average Bonchev–Trinajstić information content (AvgIpc) is 2.70. The molecule has 2 rings (SSSR count). The van der Waals surface area contributed by atoms with Gasteiger partial charge in [0.25, 0.3) is 0 Å². The molecule has 86 valence electrons. The van der Waals surface area contributed by atoms with E-state index in [1.54, 1.807) is 0 Å². The Kier molecular flexibility index (Phi) is 3.59. The summed E-state index contributed by atoms with van der Waals surface area (Å²) in [6, 6.07) is 7.83. The van der Waals surface area contributed by atoms with E-state index in [0.717, 1.165) is 17.7 Å². The Morgan fingerprint density at radius 2 is 2.19 bits per heavy atom. The van der Waals surface area contributed by atoms with E-state index in [1.165, 1.54) is 5.57 Å². The number of hydrogen-bond acceptors (Lipinski definition) is 3. The van der Waals surface area contributed by atoms with Gasteiger partial charge in [-0.2, -0.15) is 0 Å². The van der Waals surface area contributed by atoms with E-state index in [2.05, 4.69) is 6.08 Å². The molecule has 1 aromatic carbocycles. The SMILES string of the molecule is CCO[C@H]1C/C(=C/c2ccc(N)cc2)CO1. The molecule has 0 bridgehead atoms. The third-order valence-electron chi connectivity index (χ3n) is 2.54. The van der Waals surface area contributed by atoms with E-state index >= 15 is 0 Å². The molecule has 0 unspecified atom stereocenters. The minimum atomic E-state index is -0.0648. The van der Waals surface area contributed by atoms with Gasteiger partial charge in [0.15, 0.2) is 6.29 Å². The van der Waals surface area contributed by atoms with Crippen LogP contribution in [0.5, 0.6) is 0 Å². The molecule has 0 saturated carbocycles. The van der Waals surface area contributed by atoms with Crippen LogP contribution in [0.15, 0.2) is 29.8 Å². The molecule has 1 aromatic rings. The van der Waals surface area contributed by atoms with Gasteiger partial charge in [0.1, 0.15) is 0 Å². The Morgan fingerprint density at radius 3 is 2.88 bits per heavy atom. The molecule has 0 spiro atoms. The highest BCUT2D eigenvalue weighted by atomic mass is 16.7. The zero-order valence-electron chi connectivity index (χ0n) is 9.48. The van der Waals surface area contributed by atoms with Crippen LogP contribution >= 0.6 is 0 Å². The van der Waals surface area contributed by atoms with Gasteiger partial charge in [-0.15, -0.1) is 0 Å². The summed E-state index contributed by atoms with van der Waals surface area (Å²) in [6.45, 7) is 3.33. The van der Waals surface area contributed by atoms with Gasteiger partial charge in [0.2, 0.25) is 0 Å². The Labute approximate surface area is 95.9 Å². The van der Waals surface area contributed by atoms with E-state index in [4.69, 9.17) is 15.2 Å². The molecule has 1 saturated heterocycles. The highest BCUT2D eigenvalue weighted by Gasteiger charge is 2.19. The molecule has 16 heavy (non-hydrogen) atoms. The lowest BCUT2D eigenvalue weighted by Crippen LogP contribution is -2.09. The maximum Gasteiger partial charge on any atom is 0.161 e. The van der Waals surface area contributed by atoms with E-state index in [-0.39, 0.29) is 6.29 Å². The molecule has 0 amide bonds. The van der Waals surface area contributed by atoms with Crippen molar-refractivity contribution in [3.8, 4) is 0 Å². The largest absolute Gasteiger partial charge is 0.399 e. The smallest absolute Gasteiger partial charge is 0.161 e. The van der Waals surface area contributed by atoms with Crippen molar-refractivity contribution in [3.63, 3.8) is 0 Å². The molecule has 1 heterocycles. The van der Waals surface area contributed by atoms with Crippen LogP contribution in [0.25, 0.3) is 6.08 Å². The van der Waals surface area contributed by atoms with Crippen molar-refractivity contribution in [2.24, 2.45) is 0 Å². The highest BCUT2D eigenvalue weighted by molar-refractivity contribution is 5.56. The predicted octanol–water partition coefficient (Wildman–Crippen LogP) is 2.44.